The lowest BCUT2D eigenvalue weighted by Gasteiger charge is -2.45. The summed E-state index contributed by atoms with van der Waals surface area (Å²) >= 11 is 0. The van der Waals surface area contributed by atoms with Crippen molar-refractivity contribution in [2.75, 3.05) is 6.54 Å². The van der Waals surface area contributed by atoms with Gasteiger partial charge < -0.3 is 5.32 Å². The van der Waals surface area contributed by atoms with E-state index in [-0.39, 0.29) is 0 Å². The summed E-state index contributed by atoms with van der Waals surface area (Å²) in [6.07, 6.45) is 3.66. The van der Waals surface area contributed by atoms with Crippen LogP contribution in [-0.4, -0.2) is 27.3 Å². The Morgan fingerprint density at radius 2 is 1.94 bits per heavy atom. The Hall–Kier alpha value is 0.110. The van der Waals surface area contributed by atoms with E-state index < -0.39 is 10.8 Å². The molecule has 1 heterocycles. The topological polar surface area (TPSA) is 29.1 Å². The molecular weight excluding hydrogens is 218 g/mol. The molecule has 0 spiro atoms. The minimum atomic E-state index is -0.619. The van der Waals surface area contributed by atoms with Gasteiger partial charge in [0.25, 0.3) is 0 Å². The smallest absolute Gasteiger partial charge is 0.0507 e. The molecule has 0 aromatic heterocycles. The predicted octanol–water partition coefficient (Wildman–Crippen LogP) is 2.31. The molecule has 0 amide bonds. The van der Waals surface area contributed by atoms with Crippen molar-refractivity contribution in [3.8, 4) is 0 Å². The number of hydrogen-bond donors (Lipinski definition) is 1. The number of rotatable bonds is 0. The second-order valence-electron chi connectivity index (χ2n) is 6.57. The fourth-order valence-corrected chi connectivity index (χ4v) is 4.94. The van der Waals surface area contributed by atoms with Crippen LogP contribution in [-0.2, 0) is 10.8 Å². The van der Waals surface area contributed by atoms with Crippen LogP contribution in [0, 0.1) is 11.3 Å². The molecule has 2 rings (SSSR count). The van der Waals surface area contributed by atoms with Gasteiger partial charge in [-0.05, 0) is 37.5 Å². The van der Waals surface area contributed by atoms with E-state index in [1.807, 2.05) is 0 Å². The summed E-state index contributed by atoms with van der Waals surface area (Å²) in [6, 6.07) is 0.524. The van der Waals surface area contributed by atoms with Gasteiger partial charge in [0.15, 0.2) is 0 Å². The summed E-state index contributed by atoms with van der Waals surface area (Å²) in [7, 11) is -0.619. The summed E-state index contributed by atoms with van der Waals surface area (Å²) < 4.78 is 12.3. The molecule has 1 saturated carbocycles. The summed E-state index contributed by atoms with van der Waals surface area (Å²) in [6.45, 7) is 10.0. The van der Waals surface area contributed by atoms with Gasteiger partial charge in [0.2, 0.25) is 0 Å². The lowest BCUT2D eigenvalue weighted by molar-refractivity contribution is 0.161. The molecule has 94 valence electrons. The van der Waals surface area contributed by atoms with Crippen molar-refractivity contribution in [2.24, 2.45) is 11.3 Å². The van der Waals surface area contributed by atoms with Gasteiger partial charge in [0, 0.05) is 28.6 Å². The van der Waals surface area contributed by atoms with Gasteiger partial charge in [-0.3, -0.25) is 4.21 Å². The standard InChI is InChI=1S/C13H25NOS/c1-9-8-14-11-6-5-10(13(2,3)4)7-12(11)16(9)15/h9-12,14H,5-8H2,1-4H3. The summed E-state index contributed by atoms with van der Waals surface area (Å²) in [5.74, 6) is 0.741. The second kappa shape index (κ2) is 4.41. The fourth-order valence-electron chi connectivity index (χ4n) is 3.10. The van der Waals surface area contributed by atoms with Gasteiger partial charge in [-0.2, -0.15) is 0 Å². The molecule has 2 nitrogen and oxygen atoms in total. The maximum Gasteiger partial charge on any atom is 0.0507 e. The minimum absolute atomic E-state index is 0.333. The fraction of sp³-hybridized carbons (Fsp3) is 1.00. The van der Waals surface area contributed by atoms with E-state index in [0.717, 1.165) is 18.9 Å². The molecule has 1 aliphatic carbocycles. The molecule has 0 radical (unpaired) electrons. The average Bonchev–Trinajstić information content (AvgIpc) is 2.22. The first-order valence-electron chi connectivity index (χ1n) is 6.52. The Kier molecular flexibility index (Phi) is 3.47. The summed E-state index contributed by atoms with van der Waals surface area (Å²) in [5, 5.41) is 4.32. The number of hydrogen-bond acceptors (Lipinski definition) is 2. The Bertz CT molecular complexity index is 284. The summed E-state index contributed by atoms with van der Waals surface area (Å²) in [4.78, 5) is 0. The van der Waals surface area contributed by atoms with Gasteiger partial charge in [0.05, 0.1) is 5.25 Å². The highest BCUT2D eigenvalue weighted by atomic mass is 32.2. The minimum Gasteiger partial charge on any atom is -0.312 e. The average molecular weight is 243 g/mol. The van der Waals surface area contributed by atoms with E-state index in [1.165, 1.54) is 12.8 Å². The summed E-state index contributed by atoms with van der Waals surface area (Å²) in [5.41, 5.74) is 0.371. The van der Waals surface area contributed by atoms with Gasteiger partial charge in [0.1, 0.15) is 0 Å². The highest BCUT2D eigenvalue weighted by Gasteiger charge is 2.41. The van der Waals surface area contributed by atoms with E-state index in [9.17, 15) is 4.21 Å². The van der Waals surface area contributed by atoms with Gasteiger partial charge in [-0.15, -0.1) is 0 Å². The van der Waals surface area contributed by atoms with Crippen LogP contribution in [0.25, 0.3) is 0 Å². The van der Waals surface area contributed by atoms with Crippen molar-refractivity contribution in [2.45, 2.75) is 63.5 Å². The Morgan fingerprint density at radius 1 is 1.25 bits per heavy atom. The second-order valence-corrected chi connectivity index (χ2v) is 8.64. The molecule has 1 N–H and O–H groups in total. The Balaban J connectivity index is 2.08. The van der Waals surface area contributed by atoms with Crippen LogP contribution in [0.5, 0.6) is 0 Å². The maximum atomic E-state index is 12.3. The lowest BCUT2D eigenvalue weighted by atomic mass is 9.71. The Labute approximate surface area is 102 Å². The first-order chi connectivity index (χ1) is 7.39. The first kappa shape index (κ1) is 12.6. The van der Waals surface area contributed by atoms with Crippen molar-refractivity contribution >= 4 is 10.8 Å². The Morgan fingerprint density at radius 3 is 2.56 bits per heavy atom. The van der Waals surface area contributed by atoms with Crippen molar-refractivity contribution < 1.29 is 4.21 Å². The zero-order valence-corrected chi connectivity index (χ0v) is 11.8. The van der Waals surface area contributed by atoms with E-state index in [1.54, 1.807) is 0 Å². The molecule has 2 fully saturated rings. The highest BCUT2D eigenvalue weighted by Crippen LogP contribution is 2.40. The maximum absolute atomic E-state index is 12.3. The molecule has 5 unspecified atom stereocenters. The molecular formula is C13H25NOS. The zero-order chi connectivity index (χ0) is 11.9. The highest BCUT2D eigenvalue weighted by molar-refractivity contribution is 7.86. The van der Waals surface area contributed by atoms with Crippen LogP contribution < -0.4 is 5.32 Å². The normalized spacial score (nSPS) is 45.1. The van der Waals surface area contributed by atoms with Crippen LogP contribution in [0.3, 0.4) is 0 Å². The first-order valence-corrected chi connectivity index (χ1v) is 7.80. The molecule has 5 atom stereocenters. The van der Waals surface area contributed by atoms with Gasteiger partial charge >= 0.3 is 0 Å². The molecule has 0 aromatic carbocycles. The third-order valence-corrected chi connectivity index (χ3v) is 6.46. The number of fused-ring (bicyclic) bond motifs is 1. The van der Waals surface area contributed by atoms with E-state index in [4.69, 9.17) is 0 Å². The van der Waals surface area contributed by atoms with E-state index in [0.29, 0.717) is 22.0 Å². The molecule has 2 aliphatic rings. The quantitative estimate of drug-likeness (QED) is 0.707. The molecule has 1 aliphatic heterocycles. The van der Waals surface area contributed by atoms with Crippen LogP contribution in [0.15, 0.2) is 0 Å². The van der Waals surface area contributed by atoms with E-state index in [2.05, 4.69) is 33.0 Å². The van der Waals surface area contributed by atoms with Crippen LogP contribution in [0.2, 0.25) is 0 Å². The van der Waals surface area contributed by atoms with Crippen LogP contribution in [0.4, 0.5) is 0 Å². The van der Waals surface area contributed by atoms with Crippen molar-refractivity contribution in [1.82, 2.24) is 5.32 Å². The van der Waals surface area contributed by atoms with Crippen LogP contribution >= 0.6 is 0 Å². The molecule has 3 heteroatoms. The number of nitrogens with one attached hydrogen (secondary N) is 1. The third kappa shape index (κ3) is 2.35. The monoisotopic (exact) mass is 243 g/mol. The van der Waals surface area contributed by atoms with E-state index >= 15 is 0 Å². The molecule has 16 heavy (non-hydrogen) atoms. The lowest BCUT2D eigenvalue weighted by Crippen LogP contribution is -2.56. The van der Waals surface area contributed by atoms with Crippen molar-refractivity contribution in [1.29, 1.82) is 0 Å². The third-order valence-electron chi connectivity index (χ3n) is 4.38. The SMILES string of the molecule is CC1CNC2CCC(C(C)(C)C)CC2S1=O. The van der Waals surface area contributed by atoms with Crippen molar-refractivity contribution in [3.05, 3.63) is 0 Å². The molecule has 1 saturated heterocycles. The molecule has 0 bridgehead atoms. The molecule has 0 aromatic rings. The van der Waals surface area contributed by atoms with Crippen LogP contribution in [0.1, 0.15) is 47.0 Å². The van der Waals surface area contributed by atoms with Crippen molar-refractivity contribution in [3.63, 3.8) is 0 Å². The van der Waals surface area contributed by atoms with Gasteiger partial charge in [-0.25, -0.2) is 0 Å². The zero-order valence-electron chi connectivity index (χ0n) is 11.0. The largest absolute Gasteiger partial charge is 0.312 e. The predicted molar refractivity (Wildman–Crippen MR) is 70.0 cm³/mol. The van der Waals surface area contributed by atoms with Gasteiger partial charge in [-0.1, -0.05) is 20.8 Å².